The molecule has 1 rings (SSSR count). The highest BCUT2D eigenvalue weighted by molar-refractivity contribution is 9.10. The maximum Gasteiger partial charge on any atom is 0.305 e. The highest BCUT2D eigenvalue weighted by atomic mass is 79.9. The minimum Gasteiger partial charge on any atom is -0.481 e. The Kier molecular flexibility index (Phi) is 6.81. The number of benzene rings is 1. The van der Waals surface area contributed by atoms with Crippen molar-refractivity contribution in [2.24, 2.45) is 5.92 Å². The molecule has 0 bridgehead atoms. The van der Waals surface area contributed by atoms with Gasteiger partial charge in [0.25, 0.3) is 0 Å². The Morgan fingerprint density at radius 2 is 2.05 bits per heavy atom. The number of amides is 1. The summed E-state index contributed by atoms with van der Waals surface area (Å²) in [6, 6.07) is 4.43. The highest BCUT2D eigenvalue weighted by Gasteiger charge is 2.17. The molecule has 1 aromatic rings. The highest BCUT2D eigenvalue weighted by Crippen LogP contribution is 2.17. The van der Waals surface area contributed by atoms with Crippen LogP contribution in [-0.2, 0) is 16.0 Å². The second-order valence-corrected chi connectivity index (χ2v) is 6.16. The molecule has 0 heterocycles. The maximum absolute atomic E-state index is 13.2. The van der Waals surface area contributed by atoms with Crippen molar-refractivity contribution in [3.05, 3.63) is 34.1 Å². The summed E-state index contributed by atoms with van der Waals surface area (Å²) in [6.07, 6.45) is 0.0524. The Morgan fingerprint density at radius 3 is 2.57 bits per heavy atom. The first kappa shape index (κ1) is 17.6. The Hall–Kier alpha value is -1.43. The maximum atomic E-state index is 13.2. The van der Waals surface area contributed by atoms with Gasteiger partial charge in [0.05, 0.1) is 17.3 Å². The van der Waals surface area contributed by atoms with Gasteiger partial charge in [-0.25, -0.2) is 4.39 Å². The van der Waals surface area contributed by atoms with E-state index in [-0.39, 0.29) is 37.0 Å². The molecular weight excluding hydrogens is 341 g/mol. The van der Waals surface area contributed by atoms with Crippen LogP contribution in [-0.4, -0.2) is 35.0 Å². The molecule has 0 fully saturated rings. The van der Waals surface area contributed by atoms with Crippen LogP contribution in [0, 0.1) is 11.7 Å². The molecular formula is C15H19BrFNO3. The standard InChI is InChI=1S/C15H19BrFNO3/c1-10(2)9-18(6-5-15(20)21)14(19)8-11-3-4-13(17)12(16)7-11/h3-4,7,10H,5-6,8-9H2,1-2H3,(H,20,21). The van der Waals surface area contributed by atoms with E-state index in [2.05, 4.69) is 15.9 Å². The summed E-state index contributed by atoms with van der Waals surface area (Å²) in [4.78, 5) is 24.5. The molecule has 0 aromatic heterocycles. The Balaban J connectivity index is 2.74. The van der Waals surface area contributed by atoms with Crippen LogP contribution in [0.5, 0.6) is 0 Å². The van der Waals surface area contributed by atoms with Crippen LogP contribution < -0.4 is 0 Å². The minimum atomic E-state index is -0.930. The van der Waals surface area contributed by atoms with E-state index >= 15 is 0 Å². The third-order valence-electron chi connectivity index (χ3n) is 2.87. The molecule has 4 nitrogen and oxygen atoms in total. The van der Waals surface area contributed by atoms with Crippen molar-refractivity contribution in [2.75, 3.05) is 13.1 Å². The normalized spacial score (nSPS) is 10.7. The molecule has 1 amide bonds. The monoisotopic (exact) mass is 359 g/mol. The summed E-state index contributed by atoms with van der Waals surface area (Å²) in [5.74, 6) is -1.21. The fourth-order valence-corrected chi connectivity index (χ4v) is 2.35. The number of carboxylic acid groups (broad SMARTS) is 1. The first-order valence-electron chi connectivity index (χ1n) is 6.73. The van der Waals surface area contributed by atoms with Gasteiger partial charge in [-0.3, -0.25) is 9.59 Å². The summed E-state index contributed by atoms with van der Waals surface area (Å²) in [5.41, 5.74) is 0.692. The fourth-order valence-electron chi connectivity index (χ4n) is 1.93. The van der Waals surface area contributed by atoms with Gasteiger partial charge in [-0.1, -0.05) is 19.9 Å². The fraction of sp³-hybridized carbons (Fsp3) is 0.467. The summed E-state index contributed by atoms with van der Waals surface area (Å²) in [6.45, 7) is 4.63. The molecule has 0 saturated carbocycles. The topological polar surface area (TPSA) is 57.6 Å². The van der Waals surface area contributed by atoms with Crippen molar-refractivity contribution in [3.8, 4) is 0 Å². The van der Waals surface area contributed by atoms with Crippen LogP contribution in [0.25, 0.3) is 0 Å². The average molecular weight is 360 g/mol. The molecule has 0 atom stereocenters. The number of carbonyl (C=O) groups excluding carboxylic acids is 1. The lowest BCUT2D eigenvalue weighted by Crippen LogP contribution is -2.37. The van der Waals surface area contributed by atoms with Crippen molar-refractivity contribution in [3.63, 3.8) is 0 Å². The quantitative estimate of drug-likeness (QED) is 0.813. The number of halogens is 2. The predicted octanol–water partition coefficient (Wildman–Crippen LogP) is 3.09. The number of rotatable bonds is 7. The number of carbonyl (C=O) groups is 2. The van der Waals surface area contributed by atoms with Gasteiger partial charge in [0.2, 0.25) is 5.91 Å². The van der Waals surface area contributed by atoms with E-state index in [4.69, 9.17) is 5.11 Å². The molecule has 6 heteroatoms. The van der Waals surface area contributed by atoms with Crippen molar-refractivity contribution in [2.45, 2.75) is 26.7 Å². The summed E-state index contributed by atoms with van der Waals surface area (Å²) in [5, 5.41) is 8.75. The molecule has 0 radical (unpaired) electrons. The first-order valence-corrected chi connectivity index (χ1v) is 7.52. The summed E-state index contributed by atoms with van der Waals surface area (Å²) in [7, 11) is 0. The molecule has 116 valence electrons. The molecule has 0 saturated heterocycles. The van der Waals surface area contributed by atoms with Gasteiger partial charge in [-0.05, 0) is 39.5 Å². The zero-order valence-corrected chi connectivity index (χ0v) is 13.7. The van der Waals surface area contributed by atoms with Crippen molar-refractivity contribution in [1.29, 1.82) is 0 Å². The van der Waals surface area contributed by atoms with Gasteiger partial charge in [-0.15, -0.1) is 0 Å². The van der Waals surface area contributed by atoms with Crippen LogP contribution >= 0.6 is 15.9 Å². The molecule has 0 spiro atoms. The smallest absolute Gasteiger partial charge is 0.305 e. The lowest BCUT2D eigenvalue weighted by Gasteiger charge is -2.24. The van der Waals surface area contributed by atoms with E-state index in [0.29, 0.717) is 16.6 Å². The number of nitrogens with zero attached hydrogens (tertiary/aromatic N) is 1. The van der Waals surface area contributed by atoms with Crippen LogP contribution in [0.2, 0.25) is 0 Å². The van der Waals surface area contributed by atoms with Crippen molar-refractivity contribution in [1.82, 2.24) is 4.90 Å². The minimum absolute atomic E-state index is 0.0778. The van der Waals surface area contributed by atoms with Crippen LogP contribution in [0.1, 0.15) is 25.8 Å². The number of hydrogen-bond acceptors (Lipinski definition) is 2. The Labute approximate surface area is 132 Å². The zero-order valence-electron chi connectivity index (χ0n) is 12.1. The second kappa shape index (κ2) is 8.12. The van der Waals surface area contributed by atoms with Gasteiger partial charge >= 0.3 is 5.97 Å². The van der Waals surface area contributed by atoms with Gasteiger partial charge in [0.1, 0.15) is 5.82 Å². The van der Waals surface area contributed by atoms with Gasteiger partial charge in [0, 0.05) is 13.1 Å². The van der Waals surface area contributed by atoms with E-state index in [1.807, 2.05) is 13.8 Å². The average Bonchev–Trinajstić information content (AvgIpc) is 2.38. The largest absolute Gasteiger partial charge is 0.481 e. The number of aliphatic carboxylic acids is 1. The molecule has 0 aliphatic carbocycles. The zero-order chi connectivity index (χ0) is 16.0. The Morgan fingerprint density at radius 1 is 1.38 bits per heavy atom. The van der Waals surface area contributed by atoms with Crippen molar-refractivity contribution >= 4 is 27.8 Å². The second-order valence-electron chi connectivity index (χ2n) is 5.30. The Bertz CT molecular complexity index is 520. The SMILES string of the molecule is CC(C)CN(CCC(=O)O)C(=O)Cc1ccc(F)c(Br)c1. The molecule has 0 unspecified atom stereocenters. The van der Waals surface area contributed by atoms with E-state index in [9.17, 15) is 14.0 Å². The van der Waals surface area contributed by atoms with E-state index < -0.39 is 5.97 Å². The third-order valence-corrected chi connectivity index (χ3v) is 3.48. The summed E-state index contributed by atoms with van der Waals surface area (Å²) < 4.78 is 13.5. The van der Waals surface area contributed by atoms with Crippen LogP contribution in [0.4, 0.5) is 4.39 Å². The van der Waals surface area contributed by atoms with Gasteiger partial charge in [-0.2, -0.15) is 0 Å². The molecule has 21 heavy (non-hydrogen) atoms. The molecule has 1 aromatic carbocycles. The molecule has 0 aliphatic rings. The molecule has 0 aliphatic heterocycles. The number of hydrogen-bond donors (Lipinski definition) is 1. The lowest BCUT2D eigenvalue weighted by atomic mass is 10.1. The predicted molar refractivity (Wildman–Crippen MR) is 81.5 cm³/mol. The lowest BCUT2D eigenvalue weighted by molar-refractivity contribution is -0.138. The van der Waals surface area contributed by atoms with Crippen molar-refractivity contribution < 1.29 is 19.1 Å². The summed E-state index contributed by atoms with van der Waals surface area (Å²) >= 11 is 3.09. The van der Waals surface area contributed by atoms with Crippen LogP contribution in [0.3, 0.4) is 0 Å². The van der Waals surface area contributed by atoms with Gasteiger partial charge < -0.3 is 10.0 Å². The van der Waals surface area contributed by atoms with E-state index in [1.165, 1.54) is 6.07 Å². The third kappa shape index (κ3) is 6.25. The molecule has 1 N–H and O–H groups in total. The number of carboxylic acids is 1. The van der Waals surface area contributed by atoms with E-state index in [0.717, 1.165) is 0 Å². The van der Waals surface area contributed by atoms with Gasteiger partial charge in [0.15, 0.2) is 0 Å². The van der Waals surface area contributed by atoms with E-state index in [1.54, 1.807) is 17.0 Å². The first-order chi connectivity index (χ1) is 9.79. The van der Waals surface area contributed by atoms with Crippen LogP contribution in [0.15, 0.2) is 22.7 Å².